The van der Waals surface area contributed by atoms with Crippen molar-refractivity contribution in [3.63, 3.8) is 0 Å². The Balaban J connectivity index is 2.09. The molecule has 0 atom stereocenters. The Labute approximate surface area is 175 Å². The van der Waals surface area contributed by atoms with E-state index < -0.39 is 11.9 Å². The number of carbonyl (C=O) groups excluding carboxylic acids is 1. The van der Waals surface area contributed by atoms with Crippen LogP contribution in [-0.4, -0.2) is 51.9 Å². The zero-order valence-corrected chi connectivity index (χ0v) is 17.6. The number of fused-ring (bicyclic) bond motifs is 1. The van der Waals surface area contributed by atoms with Crippen LogP contribution in [0.2, 0.25) is 0 Å². The molecule has 3 heterocycles. The number of halogens is 3. The lowest BCUT2D eigenvalue weighted by molar-refractivity contribution is -0.141. The zero-order chi connectivity index (χ0) is 22.1. The van der Waals surface area contributed by atoms with E-state index in [4.69, 9.17) is 4.74 Å². The third-order valence-corrected chi connectivity index (χ3v) is 5.35. The van der Waals surface area contributed by atoms with Gasteiger partial charge in [-0.05, 0) is 17.9 Å². The molecule has 7 nitrogen and oxygen atoms in total. The number of ether oxygens (including phenoxy) is 1. The minimum Gasteiger partial charge on any atom is -0.375 e. The number of thioether (sulfide) groups is 1. The number of aryl methyl sites for hydroxylation is 1. The molecule has 0 radical (unpaired) electrons. The lowest BCUT2D eigenvalue weighted by atomic mass is 10.3. The van der Waals surface area contributed by atoms with Crippen LogP contribution in [0.25, 0.3) is 22.6 Å². The molecule has 30 heavy (non-hydrogen) atoms. The lowest BCUT2D eigenvalue weighted by Crippen LogP contribution is -2.29. The maximum atomic E-state index is 13.0. The van der Waals surface area contributed by atoms with Crippen LogP contribution in [0.5, 0.6) is 0 Å². The monoisotopic (exact) mass is 439 g/mol. The van der Waals surface area contributed by atoms with Gasteiger partial charge in [0.1, 0.15) is 18.0 Å². The highest BCUT2D eigenvalue weighted by Crippen LogP contribution is 2.35. The van der Waals surface area contributed by atoms with Gasteiger partial charge in [0, 0.05) is 26.1 Å². The highest BCUT2D eigenvalue weighted by Gasteiger charge is 2.33. The van der Waals surface area contributed by atoms with E-state index in [-0.39, 0.29) is 18.0 Å². The molecule has 0 aliphatic carbocycles. The predicted molar refractivity (Wildman–Crippen MR) is 108 cm³/mol. The molecule has 0 spiro atoms. The number of anilines is 1. The molecule has 3 aromatic heterocycles. The summed E-state index contributed by atoms with van der Waals surface area (Å²) < 4.78 is 45.5. The van der Waals surface area contributed by atoms with Crippen molar-refractivity contribution in [1.82, 2.24) is 19.5 Å². The Morgan fingerprint density at radius 2 is 2.00 bits per heavy atom. The van der Waals surface area contributed by atoms with E-state index in [1.807, 2.05) is 13.0 Å². The van der Waals surface area contributed by atoms with Gasteiger partial charge in [-0.1, -0.05) is 6.92 Å². The van der Waals surface area contributed by atoms with Gasteiger partial charge in [-0.25, -0.2) is 15.0 Å². The van der Waals surface area contributed by atoms with Gasteiger partial charge in [-0.15, -0.1) is 11.8 Å². The standard InChI is InChI=1S/C19H20F3N5O2S/c1-5-30-14-6-11(26(2)16(28)10-29-4)8-24-17(14)18-25-12-7-15(19(20,21)22)23-9-13(12)27(18)3/h6-9H,5,10H2,1-4H3. The fourth-order valence-electron chi connectivity index (χ4n) is 2.87. The van der Waals surface area contributed by atoms with Crippen molar-refractivity contribution in [3.05, 3.63) is 30.2 Å². The first-order valence-electron chi connectivity index (χ1n) is 8.95. The molecule has 3 rings (SSSR count). The van der Waals surface area contributed by atoms with Crippen molar-refractivity contribution in [3.8, 4) is 11.5 Å². The van der Waals surface area contributed by atoms with Gasteiger partial charge in [-0.2, -0.15) is 13.2 Å². The second-order valence-corrected chi connectivity index (χ2v) is 7.72. The minimum atomic E-state index is -4.55. The van der Waals surface area contributed by atoms with Crippen molar-refractivity contribution in [2.45, 2.75) is 18.0 Å². The van der Waals surface area contributed by atoms with Crippen LogP contribution < -0.4 is 4.90 Å². The number of hydrogen-bond donors (Lipinski definition) is 0. The second-order valence-electron chi connectivity index (χ2n) is 6.41. The first-order valence-corrected chi connectivity index (χ1v) is 9.94. The molecule has 0 aliphatic heterocycles. The highest BCUT2D eigenvalue weighted by atomic mass is 32.2. The van der Waals surface area contributed by atoms with E-state index in [0.29, 0.717) is 22.7 Å². The molecule has 0 bridgehead atoms. The summed E-state index contributed by atoms with van der Waals surface area (Å²) in [5, 5.41) is 0. The Hall–Kier alpha value is -2.66. The van der Waals surface area contributed by atoms with Gasteiger partial charge in [0.15, 0.2) is 5.82 Å². The van der Waals surface area contributed by atoms with Crippen LogP contribution in [-0.2, 0) is 22.8 Å². The van der Waals surface area contributed by atoms with Gasteiger partial charge >= 0.3 is 6.18 Å². The molecule has 0 aliphatic rings. The molecule has 160 valence electrons. The number of pyridine rings is 2. The molecule has 0 N–H and O–H groups in total. The molecule has 0 aromatic carbocycles. The number of amides is 1. The Morgan fingerprint density at radius 3 is 2.63 bits per heavy atom. The van der Waals surface area contributed by atoms with Crippen LogP contribution >= 0.6 is 11.8 Å². The average Bonchev–Trinajstić information content (AvgIpc) is 3.03. The smallest absolute Gasteiger partial charge is 0.375 e. The van der Waals surface area contributed by atoms with Gasteiger partial charge in [0.25, 0.3) is 5.91 Å². The van der Waals surface area contributed by atoms with Crippen LogP contribution in [0.4, 0.5) is 18.9 Å². The van der Waals surface area contributed by atoms with E-state index in [0.717, 1.165) is 22.9 Å². The van der Waals surface area contributed by atoms with Gasteiger partial charge in [0.2, 0.25) is 0 Å². The number of aromatic nitrogens is 4. The van der Waals surface area contributed by atoms with Crippen LogP contribution in [0.3, 0.4) is 0 Å². The van der Waals surface area contributed by atoms with Gasteiger partial charge in [-0.3, -0.25) is 4.79 Å². The highest BCUT2D eigenvalue weighted by molar-refractivity contribution is 7.99. The topological polar surface area (TPSA) is 73.1 Å². The Kier molecular flexibility index (Phi) is 6.32. The fourth-order valence-corrected chi connectivity index (χ4v) is 3.67. The quantitative estimate of drug-likeness (QED) is 0.545. The third kappa shape index (κ3) is 4.26. The molecule has 0 saturated carbocycles. The van der Waals surface area contributed by atoms with E-state index >= 15 is 0 Å². The summed E-state index contributed by atoms with van der Waals surface area (Å²) in [6.45, 7) is 1.91. The van der Waals surface area contributed by atoms with E-state index in [1.165, 1.54) is 30.0 Å². The van der Waals surface area contributed by atoms with Crippen molar-refractivity contribution >= 4 is 34.4 Å². The number of alkyl halides is 3. The minimum absolute atomic E-state index is 0.0617. The number of carbonyl (C=O) groups is 1. The number of rotatable bonds is 6. The fraction of sp³-hybridized carbons (Fsp3) is 0.368. The Bertz CT molecular complexity index is 1080. The first-order chi connectivity index (χ1) is 14.2. The average molecular weight is 439 g/mol. The van der Waals surface area contributed by atoms with Crippen molar-refractivity contribution in [2.75, 3.05) is 31.4 Å². The summed E-state index contributed by atoms with van der Waals surface area (Å²) in [7, 11) is 4.76. The number of likely N-dealkylation sites (N-methyl/N-ethyl adjacent to an activating group) is 1. The number of nitrogens with zero attached hydrogens (tertiary/aromatic N) is 5. The zero-order valence-electron chi connectivity index (χ0n) is 16.8. The maximum absolute atomic E-state index is 13.0. The number of imidazole rings is 1. The van der Waals surface area contributed by atoms with E-state index in [1.54, 1.807) is 18.7 Å². The normalized spacial score (nSPS) is 11.8. The van der Waals surface area contributed by atoms with Gasteiger partial charge in [0.05, 0.1) is 29.1 Å². The molecule has 0 saturated heterocycles. The van der Waals surface area contributed by atoms with Crippen LogP contribution in [0.1, 0.15) is 12.6 Å². The van der Waals surface area contributed by atoms with Gasteiger partial charge < -0.3 is 14.2 Å². The van der Waals surface area contributed by atoms with Crippen LogP contribution in [0, 0.1) is 0 Å². The van der Waals surface area contributed by atoms with Crippen molar-refractivity contribution in [2.24, 2.45) is 7.05 Å². The maximum Gasteiger partial charge on any atom is 0.433 e. The summed E-state index contributed by atoms with van der Waals surface area (Å²) in [5.41, 5.74) is 0.746. The number of methoxy groups -OCH3 is 1. The summed E-state index contributed by atoms with van der Waals surface area (Å²) >= 11 is 1.50. The summed E-state index contributed by atoms with van der Waals surface area (Å²) in [4.78, 5) is 26.7. The summed E-state index contributed by atoms with van der Waals surface area (Å²) in [5.74, 6) is 0.921. The molecule has 11 heteroatoms. The third-order valence-electron chi connectivity index (χ3n) is 4.44. The molecular formula is C19H20F3N5O2S. The molecule has 3 aromatic rings. The number of hydrogen-bond acceptors (Lipinski definition) is 6. The molecular weight excluding hydrogens is 419 g/mol. The largest absolute Gasteiger partial charge is 0.433 e. The summed E-state index contributed by atoms with van der Waals surface area (Å²) in [6.07, 6.45) is -1.86. The van der Waals surface area contributed by atoms with Crippen LogP contribution in [0.15, 0.2) is 29.4 Å². The molecule has 1 amide bonds. The first kappa shape index (κ1) is 22.0. The van der Waals surface area contributed by atoms with E-state index in [9.17, 15) is 18.0 Å². The van der Waals surface area contributed by atoms with Crippen molar-refractivity contribution < 1.29 is 22.7 Å². The van der Waals surface area contributed by atoms with E-state index in [2.05, 4.69) is 15.0 Å². The Morgan fingerprint density at radius 1 is 1.27 bits per heavy atom. The second kappa shape index (κ2) is 8.60. The molecule has 0 fully saturated rings. The summed E-state index contributed by atoms with van der Waals surface area (Å²) in [6, 6.07) is 2.74. The SMILES string of the molecule is CCSc1cc(N(C)C(=O)COC)cnc1-c1nc2cc(C(F)(F)F)ncc2n1C. The molecule has 0 unspecified atom stereocenters. The lowest BCUT2D eigenvalue weighted by Gasteiger charge is -2.18. The van der Waals surface area contributed by atoms with Crippen molar-refractivity contribution in [1.29, 1.82) is 0 Å². The predicted octanol–water partition coefficient (Wildman–Crippen LogP) is 3.77.